The fraction of sp³-hybridized carbons (Fsp3) is 0.250. The van der Waals surface area contributed by atoms with E-state index in [0.29, 0.717) is 11.7 Å². The van der Waals surface area contributed by atoms with E-state index in [9.17, 15) is 4.79 Å². The first kappa shape index (κ1) is 16.8. The molecule has 2 rings (SSSR count). The Hall–Kier alpha value is -2.55. The lowest BCUT2D eigenvalue weighted by atomic mass is 9.97. The molecule has 3 nitrogen and oxygen atoms in total. The number of benzene rings is 2. The molecule has 1 unspecified atom stereocenters. The van der Waals surface area contributed by atoms with Crippen LogP contribution in [0.4, 0.5) is 0 Å². The maximum absolute atomic E-state index is 11.9. The molecule has 23 heavy (non-hydrogen) atoms. The van der Waals surface area contributed by atoms with E-state index in [1.54, 1.807) is 0 Å². The molecule has 0 aliphatic carbocycles. The van der Waals surface area contributed by atoms with Crippen molar-refractivity contribution in [2.24, 2.45) is 0 Å². The molecule has 0 bridgehead atoms. The Morgan fingerprint density at radius 2 is 1.52 bits per heavy atom. The van der Waals surface area contributed by atoms with Crippen LogP contribution in [0.3, 0.4) is 0 Å². The predicted molar refractivity (Wildman–Crippen MR) is 91.5 cm³/mol. The van der Waals surface area contributed by atoms with Crippen molar-refractivity contribution in [2.45, 2.75) is 25.9 Å². The topological polar surface area (TPSA) is 35.5 Å². The summed E-state index contributed by atoms with van der Waals surface area (Å²) < 4.78 is 10.8. The van der Waals surface area contributed by atoms with Gasteiger partial charge in [0.25, 0.3) is 0 Å². The van der Waals surface area contributed by atoms with Crippen molar-refractivity contribution < 1.29 is 14.3 Å². The Morgan fingerprint density at radius 3 is 2.04 bits per heavy atom. The molecule has 120 valence electrons. The van der Waals surface area contributed by atoms with Gasteiger partial charge in [-0.2, -0.15) is 0 Å². The summed E-state index contributed by atoms with van der Waals surface area (Å²) in [6, 6.07) is 17.4. The number of carbonyl (C=O) groups excluding carboxylic acids is 1. The number of rotatable bonds is 6. The van der Waals surface area contributed by atoms with Gasteiger partial charge in [-0.1, -0.05) is 62.9 Å². The molecule has 0 aliphatic heterocycles. The standard InChI is InChI=1S/C20H22O3/c1-14(2)16-10-12-17(13-11-16)19(15(3)20(21)22-4)23-18-8-6-5-7-9-18/h5-14,19H,3H2,1-2,4H3. The van der Waals surface area contributed by atoms with Gasteiger partial charge in [-0.3, -0.25) is 0 Å². The van der Waals surface area contributed by atoms with Gasteiger partial charge < -0.3 is 9.47 Å². The van der Waals surface area contributed by atoms with E-state index in [-0.39, 0.29) is 5.57 Å². The van der Waals surface area contributed by atoms with E-state index in [4.69, 9.17) is 9.47 Å². The second kappa shape index (κ2) is 7.63. The maximum atomic E-state index is 11.9. The third kappa shape index (κ3) is 4.22. The van der Waals surface area contributed by atoms with Crippen molar-refractivity contribution in [3.05, 3.63) is 77.9 Å². The number of esters is 1. The molecule has 0 N–H and O–H groups in total. The summed E-state index contributed by atoms with van der Waals surface area (Å²) in [4.78, 5) is 11.9. The van der Waals surface area contributed by atoms with Crippen LogP contribution in [0.1, 0.15) is 37.0 Å². The van der Waals surface area contributed by atoms with Crippen LogP contribution in [0, 0.1) is 0 Å². The average molecular weight is 310 g/mol. The lowest BCUT2D eigenvalue weighted by molar-refractivity contribution is -0.137. The molecule has 0 radical (unpaired) electrons. The highest BCUT2D eigenvalue weighted by atomic mass is 16.5. The molecule has 0 aliphatic rings. The first-order chi connectivity index (χ1) is 11.0. The predicted octanol–water partition coefficient (Wildman–Crippen LogP) is 4.66. The van der Waals surface area contributed by atoms with E-state index in [0.717, 1.165) is 5.56 Å². The van der Waals surface area contributed by atoms with Crippen molar-refractivity contribution in [3.8, 4) is 5.75 Å². The van der Waals surface area contributed by atoms with Crippen molar-refractivity contribution in [3.63, 3.8) is 0 Å². The Bertz CT molecular complexity index is 657. The molecule has 3 heteroatoms. The van der Waals surface area contributed by atoms with Crippen molar-refractivity contribution >= 4 is 5.97 Å². The minimum atomic E-state index is -0.578. The van der Waals surface area contributed by atoms with E-state index in [1.807, 2.05) is 54.6 Å². The molecule has 2 aromatic carbocycles. The normalized spacial score (nSPS) is 11.8. The third-order valence-electron chi connectivity index (χ3n) is 3.67. The van der Waals surface area contributed by atoms with E-state index in [2.05, 4.69) is 20.4 Å². The quantitative estimate of drug-likeness (QED) is 0.575. The monoisotopic (exact) mass is 310 g/mol. The molecule has 0 heterocycles. The van der Waals surface area contributed by atoms with Crippen molar-refractivity contribution in [1.29, 1.82) is 0 Å². The zero-order chi connectivity index (χ0) is 16.8. The largest absolute Gasteiger partial charge is 0.481 e. The molecule has 0 aromatic heterocycles. The first-order valence-electron chi connectivity index (χ1n) is 7.61. The Morgan fingerprint density at radius 1 is 0.957 bits per heavy atom. The van der Waals surface area contributed by atoms with E-state index < -0.39 is 12.1 Å². The molecular weight excluding hydrogens is 288 g/mol. The molecule has 1 atom stereocenters. The van der Waals surface area contributed by atoms with Crippen LogP contribution in [0.25, 0.3) is 0 Å². The lowest BCUT2D eigenvalue weighted by Gasteiger charge is -2.21. The molecule has 2 aromatic rings. The van der Waals surface area contributed by atoms with Crippen LogP contribution >= 0.6 is 0 Å². The number of ether oxygens (including phenoxy) is 2. The van der Waals surface area contributed by atoms with Crippen LogP contribution in [-0.2, 0) is 9.53 Å². The average Bonchev–Trinajstić information content (AvgIpc) is 2.59. The van der Waals surface area contributed by atoms with Gasteiger partial charge in [0.15, 0.2) is 6.10 Å². The smallest absolute Gasteiger partial charge is 0.337 e. The van der Waals surface area contributed by atoms with Gasteiger partial charge in [-0.05, 0) is 29.2 Å². The third-order valence-corrected chi connectivity index (χ3v) is 3.67. The van der Waals surface area contributed by atoms with Crippen LogP contribution in [-0.4, -0.2) is 13.1 Å². The SMILES string of the molecule is C=C(C(=O)OC)C(Oc1ccccc1)c1ccc(C(C)C)cc1. The van der Waals surface area contributed by atoms with Gasteiger partial charge in [-0.15, -0.1) is 0 Å². The zero-order valence-corrected chi connectivity index (χ0v) is 13.8. The number of hydrogen-bond acceptors (Lipinski definition) is 3. The van der Waals surface area contributed by atoms with E-state index in [1.165, 1.54) is 12.7 Å². The van der Waals surface area contributed by atoms with Crippen LogP contribution in [0.2, 0.25) is 0 Å². The highest BCUT2D eigenvalue weighted by Crippen LogP contribution is 2.29. The minimum Gasteiger partial charge on any atom is -0.481 e. The lowest BCUT2D eigenvalue weighted by Crippen LogP contribution is -2.17. The molecule has 0 amide bonds. The maximum Gasteiger partial charge on any atom is 0.337 e. The summed E-state index contributed by atoms with van der Waals surface area (Å²) in [5, 5.41) is 0. The molecule has 0 spiro atoms. The molecular formula is C20H22O3. The Kier molecular flexibility index (Phi) is 5.58. The van der Waals surface area contributed by atoms with Gasteiger partial charge in [0.2, 0.25) is 0 Å². The van der Waals surface area contributed by atoms with Crippen LogP contribution in [0.15, 0.2) is 66.7 Å². The number of hydrogen-bond donors (Lipinski definition) is 0. The molecule has 0 saturated heterocycles. The second-order valence-electron chi connectivity index (χ2n) is 5.65. The van der Waals surface area contributed by atoms with Gasteiger partial charge >= 0.3 is 5.97 Å². The molecule has 0 saturated carbocycles. The summed E-state index contributed by atoms with van der Waals surface area (Å²) in [5.41, 5.74) is 2.37. The van der Waals surface area contributed by atoms with Gasteiger partial charge in [0.05, 0.1) is 12.7 Å². The summed E-state index contributed by atoms with van der Waals surface area (Å²) in [5.74, 6) is 0.649. The number of para-hydroxylation sites is 1. The number of methoxy groups -OCH3 is 1. The molecule has 0 fully saturated rings. The second-order valence-corrected chi connectivity index (χ2v) is 5.65. The minimum absolute atomic E-state index is 0.272. The highest BCUT2D eigenvalue weighted by Gasteiger charge is 2.23. The van der Waals surface area contributed by atoms with Crippen LogP contribution < -0.4 is 4.74 Å². The first-order valence-corrected chi connectivity index (χ1v) is 7.61. The fourth-order valence-electron chi connectivity index (χ4n) is 2.27. The van der Waals surface area contributed by atoms with Crippen LogP contribution in [0.5, 0.6) is 5.75 Å². The van der Waals surface area contributed by atoms with Gasteiger partial charge in [0, 0.05) is 0 Å². The van der Waals surface area contributed by atoms with Crippen molar-refractivity contribution in [1.82, 2.24) is 0 Å². The summed E-state index contributed by atoms with van der Waals surface area (Å²) in [6.45, 7) is 8.13. The highest BCUT2D eigenvalue weighted by molar-refractivity contribution is 5.89. The summed E-state index contributed by atoms with van der Waals surface area (Å²) in [7, 11) is 1.34. The Labute approximate surface area is 137 Å². The fourth-order valence-corrected chi connectivity index (χ4v) is 2.27. The van der Waals surface area contributed by atoms with Crippen molar-refractivity contribution in [2.75, 3.05) is 7.11 Å². The van der Waals surface area contributed by atoms with Gasteiger partial charge in [-0.25, -0.2) is 4.79 Å². The zero-order valence-electron chi connectivity index (χ0n) is 13.8. The Balaban J connectivity index is 2.32. The number of carbonyl (C=O) groups is 1. The van der Waals surface area contributed by atoms with E-state index >= 15 is 0 Å². The van der Waals surface area contributed by atoms with Gasteiger partial charge in [0.1, 0.15) is 5.75 Å². The summed E-state index contributed by atoms with van der Waals surface area (Å²) >= 11 is 0. The summed E-state index contributed by atoms with van der Waals surface area (Å²) in [6.07, 6.45) is -0.578.